The lowest BCUT2D eigenvalue weighted by Crippen LogP contribution is -1.95. The molecule has 3 rings (SSSR count). The first-order valence-corrected chi connectivity index (χ1v) is 6.00. The third-order valence-electron chi connectivity index (χ3n) is 2.93. The predicted molar refractivity (Wildman–Crippen MR) is 68.9 cm³/mol. The minimum Gasteiger partial charge on any atom is -0.454 e. The van der Waals surface area contributed by atoms with E-state index in [1.807, 2.05) is 6.92 Å². The van der Waals surface area contributed by atoms with Gasteiger partial charge in [-0.25, -0.2) is 0 Å². The highest BCUT2D eigenvalue weighted by Gasteiger charge is 2.24. The topological polar surface area (TPSA) is 73.2 Å². The molecule has 2 heterocycles. The Morgan fingerprint density at radius 3 is 2.94 bits per heavy atom. The smallest absolute Gasteiger partial charge is 0.231 e. The van der Waals surface area contributed by atoms with Crippen LogP contribution in [-0.4, -0.2) is 17.0 Å². The van der Waals surface area contributed by atoms with Gasteiger partial charge < -0.3 is 15.2 Å². The molecule has 3 N–H and O–H groups in total. The number of nitrogen functional groups attached to an aromatic ring is 1. The van der Waals surface area contributed by atoms with Crippen LogP contribution in [0.25, 0.3) is 11.3 Å². The Hall–Kier alpha value is -1.88. The molecule has 0 bridgehead atoms. The number of hydrogen-bond donors (Lipinski definition) is 2. The molecule has 94 valence electrons. The van der Waals surface area contributed by atoms with Crippen molar-refractivity contribution in [1.29, 1.82) is 0 Å². The van der Waals surface area contributed by atoms with Crippen LogP contribution in [-0.2, 0) is 6.42 Å². The number of hydrogen-bond acceptors (Lipinski definition) is 4. The van der Waals surface area contributed by atoms with Gasteiger partial charge in [0.25, 0.3) is 0 Å². The van der Waals surface area contributed by atoms with Crippen molar-refractivity contribution in [2.45, 2.75) is 13.3 Å². The van der Waals surface area contributed by atoms with Crippen LogP contribution in [0.15, 0.2) is 12.1 Å². The number of aromatic amines is 1. The van der Waals surface area contributed by atoms with Gasteiger partial charge in [-0.2, -0.15) is 5.10 Å². The molecule has 18 heavy (non-hydrogen) atoms. The predicted octanol–water partition coefficient (Wildman–Crippen LogP) is 2.60. The van der Waals surface area contributed by atoms with E-state index in [9.17, 15) is 0 Å². The zero-order valence-corrected chi connectivity index (χ0v) is 10.5. The molecule has 1 aliphatic heterocycles. The minimum absolute atomic E-state index is 0.229. The summed E-state index contributed by atoms with van der Waals surface area (Å²) in [4.78, 5) is 0. The summed E-state index contributed by atoms with van der Waals surface area (Å²) in [6.45, 7) is 2.27. The number of halogens is 1. The summed E-state index contributed by atoms with van der Waals surface area (Å²) in [5.74, 6) is 1.87. The molecule has 0 amide bonds. The molecule has 0 radical (unpaired) electrons. The van der Waals surface area contributed by atoms with E-state index in [0.717, 1.165) is 29.0 Å². The molecule has 0 atom stereocenters. The Balaban J connectivity index is 2.25. The van der Waals surface area contributed by atoms with Crippen molar-refractivity contribution in [2.24, 2.45) is 0 Å². The number of anilines is 1. The number of H-pyrrole nitrogens is 1. The Morgan fingerprint density at radius 1 is 1.44 bits per heavy atom. The van der Waals surface area contributed by atoms with E-state index < -0.39 is 0 Å². The standard InChI is InChI=1S/C12H12ClN3O2/c1-2-6-11(8-4-10(14)16-15-8)7(13)3-9-12(6)18-5-17-9/h3-4H,2,5H2,1H3,(H3,14,15,16). The van der Waals surface area contributed by atoms with Gasteiger partial charge in [-0.05, 0) is 6.42 Å². The van der Waals surface area contributed by atoms with Crippen LogP contribution in [0, 0.1) is 0 Å². The van der Waals surface area contributed by atoms with Crippen LogP contribution < -0.4 is 15.2 Å². The van der Waals surface area contributed by atoms with Crippen LogP contribution in [0.3, 0.4) is 0 Å². The summed E-state index contributed by atoms with van der Waals surface area (Å²) in [5, 5.41) is 7.39. The maximum absolute atomic E-state index is 6.31. The second kappa shape index (κ2) is 4.10. The van der Waals surface area contributed by atoms with E-state index >= 15 is 0 Å². The third-order valence-corrected chi connectivity index (χ3v) is 3.23. The first kappa shape index (κ1) is 11.2. The van der Waals surface area contributed by atoms with Crippen LogP contribution in [0.2, 0.25) is 5.02 Å². The lowest BCUT2D eigenvalue weighted by molar-refractivity contribution is 0.173. The van der Waals surface area contributed by atoms with E-state index in [-0.39, 0.29) is 6.79 Å². The Kier molecular flexibility index (Phi) is 2.56. The molecule has 2 aromatic rings. The van der Waals surface area contributed by atoms with Gasteiger partial charge >= 0.3 is 0 Å². The van der Waals surface area contributed by atoms with Crippen molar-refractivity contribution >= 4 is 17.4 Å². The molecule has 0 spiro atoms. The fourth-order valence-corrected chi connectivity index (χ4v) is 2.49. The Labute approximate surface area is 109 Å². The lowest BCUT2D eigenvalue weighted by atomic mass is 10.0. The van der Waals surface area contributed by atoms with E-state index in [4.69, 9.17) is 26.8 Å². The molecule has 0 unspecified atom stereocenters. The van der Waals surface area contributed by atoms with Gasteiger partial charge in [-0.1, -0.05) is 18.5 Å². The van der Waals surface area contributed by atoms with Gasteiger partial charge in [-0.3, -0.25) is 5.10 Å². The number of fused-ring (bicyclic) bond motifs is 1. The van der Waals surface area contributed by atoms with Crippen LogP contribution >= 0.6 is 11.6 Å². The van der Waals surface area contributed by atoms with Crippen LogP contribution in [0.1, 0.15) is 12.5 Å². The third kappa shape index (κ3) is 1.59. The highest BCUT2D eigenvalue weighted by atomic mass is 35.5. The largest absolute Gasteiger partial charge is 0.454 e. The number of benzene rings is 1. The van der Waals surface area contributed by atoms with E-state index in [1.54, 1.807) is 12.1 Å². The summed E-state index contributed by atoms with van der Waals surface area (Å²) in [6, 6.07) is 3.51. The average Bonchev–Trinajstić information content (AvgIpc) is 2.95. The fourth-order valence-electron chi connectivity index (χ4n) is 2.17. The summed E-state index contributed by atoms with van der Waals surface area (Å²) >= 11 is 6.31. The monoisotopic (exact) mass is 265 g/mol. The van der Waals surface area contributed by atoms with E-state index in [2.05, 4.69) is 10.2 Å². The molecule has 5 nitrogen and oxygen atoms in total. The van der Waals surface area contributed by atoms with Crippen molar-refractivity contribution in [3.8, 4) is 22.8 Å². The normalized spacial score (nSPS) is 13.0. The Bertz CT molecular complexity index is 610. The van der Waals surface area contributed by atoms with E-state index in [1.165, 1.54) is 0 Å². The summed E-state index contributed by atoms with van der Waals surface area (Å²) in [5.41, 5.74) is 8.28. The number of nitrogens with one attached hydrogen (secondary N) is 1. The second-order valence-electron chi connectivity index (χ2n) is 4.01. The van der Waals surface area contributed by atoms with Crippen molar-refractivity contribution in [3.63, 3.8) is 0 Å². The molecular formula is C12H12ClN3O2. The van der Waals surface area contributed by atoms with Gasteiger partial charge in [0.15, 0.2) is 11.5 Å². The first-order valence-electron chi connectivity index (χ1n) is 5.63. The van der Waals surface area contributed by atoms with Crippen molar-refractivity contribution < 1.29 is 9.47 Å². The summed E-state index contributed by atoms with van der Waals surface area (Å²) in [7, 11) is 0. The summed E-state index contributed by atoms with van der Waals surface area (Å²) in [6.07, 6.45) is 0.778. The summed E-state index contributed by atoms with van der Waals surface area (Å²) < 4.78 is 10.9. The molecular weight excluding hydrogens is 254 g/mol. The molecule has 0 fully saturated rings. The first-order chi connectivity index (χ1) is 8.70. The number of rotatable bonds is 2. The van der Waals surface area contributed by atoms with E-state index in [0.29, 0.717) is 16.6 Å². The van der Waals surface area contributed by atoms with Gasteiger partial charge in [0, 0.05) is 23.3 Å². The molecule has 0 saturated heterocycles. The van der Waals surface area contributed by atoms with Crippen LogP contribution in [0.4, 0.5) is 5.82 Å². The number of nitrogens with zero attached hydrogens (tertiary/aromatic N) is 1. The van der Waals surface area contributed by atoms with Gasteiger partial charge in [0.1, 0.15) is 5.82 Å². The molecule has 1 aliphatic rings. The van der Waals surface area contributed by atoms with Gasteiger partial charge in [-0.15, -0.1) is 0 Å². The second-order valence-corrected chi connectivity index (χ2v) is 4.41. The van der Waals surface area contributed by atoms with Crippen molar-refractivity contribution in [3.05, 3.63) is 22.7 Å². The lowest BCUT2D eigenvalue weighted by Gasteiger charge is -2.11. The maximum Gasteiger partial charge on any atom is 0.231 e. The molecule has 1 aromatic carbocycles. The number of nitrogens with two attached hydrogens (primary N) is 1. The highest BCUT2D eigenvalue weighted by Crippen LogP contribution is 2.45. The zero-order valence-electron chi connectivity index (χ0n) is 9.79. The van der Waals surface area contributed by atoms with Crippen molar-refractivity contribution in [2.75, 3.05) is 12.5 Å². The molecule has 6 heteroatoms. The fraction of sp³-hybridized carbons (Fsp3) is 0.250. The Morgan fingerprint density at radius 2 is 2.28 bits per heavy atom. The van der Waals surface area contributed by atoms with Crippen molar-refractivity contribution in [1.82, 2.24) is 10.2 Å². The average molecular weight is 266 g/mol. The van der Waals surface area contributed by atoms with Gasteiger partial charge in [0.2, 0.25) is 6.79 Å². The molecule has 1 aromatic heterocycles. The molecule has 0 saturated carbocycles. The maximum atomic E-state index is 6.31. The molecule has 0 aliphatic carbocycles. The number of aromatic nitrogens is 2. The SMILES string of the molecule is CCc1c2c(cc(Cl)c1-c1cc(N)n[nH]1)OCO2. The van der Waals surface area contributed by atoms with Gasteiger partial charge in [0.05, 0.1) is 10.7 Å². The minimum atomic E-state index is 0.229. The number of ether oxygens (including phenoxy) is 2. The highest BCUT2D eigenvalue weighted by molar-refractivity contribution is 6.33. The van der Waals surface area contributed by atoms with Crippen LogP contribution in [0.5, 0.6) is 11.5 Å². The quantitative estimate of drug-likeness (QED) is 0.875. The zero-order chi connectivity index (χ0) is 12.7.